The van der Waals surface area contributed by atoms with Crippen LogP contribution in [-0.4, -0.2) is 43.5 Å². The van der Waals surface area contributed by atoms with Gasteiger partial charge in [-0.2, -0.15) is 13.2 Å². The highest BCUT2D eigenvalue weighted by Crippen LogP contribution is 2.36. The lowest BCUT2D eigenvalue weighted by atomic mass is 10.1. The van der Waals surface area contributed by atoms with Gasteiger partial charge in [0.25, 0.3) is 0 Å². The lowest BCUT2D eigenvalue weighted by Gasteiger charge is -2.36. The van der Waals surface area contributed by atoms with Crippen LogP contribution in [-0.2, 0) is 6.18 Å². The maximum Gasteiger partial charge on any atom is 0.418 e. The molecule has 106 valence electrons. The minimum atomic E-state index is -4.30. The second-order valence-electron chi connectivity index (χ2n) is 4.53. The third-order valence-electron chi connectivity index (χ3n) is 3.32. The molecule has 19 heavy (non-hydrogen) atoms. The summed E-state index contributed by atoms with van der Waals surface area (Å²) in [4.78, 5) is 3.97. The van der Waals surface area contributed by atoms with E-state index >= 15 is 0 Å². The van der Waals surface area contributed by atoms with E-state index in [9.17, 15) is 13.2 Å². The van der Waals surface area contributed by atoms with Crippen LogP contribution >= 0.6 is 11.6 Å². The number of alkyl halides is 4. The topological polar surface area (TPSA) is 6.48 Å². The number of halogens is 4. The first-order chi connectivity index (χ1) is 9.02. The van der Waals surface area contributed by atoms with Crippen LogP contribution in [0.1, 0.15) is 5.56 Å². The molecule has 0 atom stereocenters. The summed E-state index contributed by atoms with van der Waals surface area (Å²) in [6, 6.07) is 5.76. The average Bonchev–Trinajstić information content (AvgIpc) is 2.39. The Kier molecular flexibility index (Phi) is 4.58. The molecular weight excluding hydrogens is 277 g/mol. The van der Waals surface area contributed by atoms with Crippen LogP contribution in [0.25, 0.3) is 0 Å². The Bertz CT molecular complexity index is 415. The van der Waals surface area contributed by atoms with E-state index in [0.29, 0.717) is 19.0 Å². The lowest BCUT2D eigenvalue weighted by molar-refractivity contribution is -0.137. The number of benzene rings is 1. The highest BCUT2D eigenvalue weighted by Gasteiger charge is 2.35. The zero-order valence-electron chi connectivity index (χ0n) is 10.5. The van der Waals surface area contributed by atoms with Crippen LogP contribution < -0.4 is 4.90 Å². The van der Waals surface area contributed by atoms with E-state index in [1.807, 2.05) is 0 Å². The standard InChI is InChI=1S/C13H16ClF3N2/c14-5-6-18-7-9-19(10-8-18)12-4-2-1-3-11(12)13(15,16)17/h1-4H,5-10H2. The molecular formula is C13H16ClF3N2. The van der Waals surface area contributed by atoms with Crippen molar-refractivity contribution >= 4 is 17.3 Å². The molecule has 2 nitrogen and oxygen atoms in total. The fourth-order valence-corrected chi connectivity index (χ4v) is 2.56. The molecule has 1 fully saturated rings. The molecule has 6 heteroatoms. The first-order valence-electron chi connectivity index (χ1n) is 6.22. The second-order valence-corrected chi connectivity index (χ2v) is 4.91. The Morgan fingerprint density at radius 3 is 2.26 bits per heavy atom. The number of anilines is 1. The molecule has 2 rings (SSSR count). The fraction of sp³-hybridized carbons (Fsp3) is 0.538. The van der Waals surface area contributed by atoms with Gasteiger partial charge < -0.3 is 4.90 Å². The van der Waals surface area contributed by atoms with Gasteiger partial charge in [0, 0.05) is 44.3 Å². The molecule has 0 bridgehead atoms. The van der Waals surface area contributed by atoms with Gasteiger partial charge in [0.1, 0.15) is 0 Å². The molecule has 0 N–H and O–H groups in total. The SMILES string of the molecule is FC(F)(F)c1ccccc1N1CCN(CCCl)CC1. The predicted octanol–water partition coefficient (Wildman–Crippen LogP) is 3.07. The predicted molar refractivity (Wildman–Crippen MR) is 70.8 cm³/mol. The first-order valence-corrected chi connectivity index (χ1v) is 6.75. The highest BCUT2D eigenvalue weighted by molar-refractivity contribution is 6.18. The van der Waals surface area contributed by atoms with Crippen LogP contribution in [0.3, 0.4) is 0 Å². The molecule has 1 aromatic rings. The Hall–Kier alpha value is -0.940. The van der Waals surface area contributed by atoms with Gasteiger partial charge in [-0.05, 0) is 12.1 Å². The monoisotopic (exact) mass is 292 g/mol. The van der Waals surface area contributed by atoms with Gasteiger partial charge in [-0.3, -0.25) is 4.90 Å². The molecule has 1 heterocycles. The zero-order valence-corrected chi connectivity index (χ0v) is 11.2. The maximum absolute atomic E-state index is 12.9. The third-order valence-corrected chi connectivity index (χ3v) is 3.49. The summed E-state index contributed by atoms with van der Waals surface area (Å²) in [7, 11) is 0. The van der Waals surface area contributed by atoms with E-state index in [4.69, 9.17) is 11.6 Å². The van der Waals surface area contributed by atoms with Gasteiger partial charge in [-0.1, -0.05) is 12.1 Å². The number of piperazine rings is 1. The number of hydrogen-bond donors (Lipinski definition) is 0. The number of para-hydroxylation sites is 1. The third kappa shape index (κ3) is 3.54. The van der Waals surface area contributed by atoms with Crippen LogP contribution in [0.4, 0.5) is 18.9 Å². The van der Waals surface area contributed by atoms with Crippen molar-refractivity contribution in [3.8, 4) is 0 Å². The van der Waals surface area contributed by atoms with Crippen LogP contribution in [0.15, 0.2) is 24.3 Å². The summed E-state index contributed by atoms with van der Waals surface area (Å²) < 4.78 is 38.8. The van der Waals surface area contributed by atoms with Gasteiger partial charge in [-0.15, -0.1) is 11.6 Å². The summed E-state index contributed by atoms with van der Waals surface area (Å²) in [6.45, 7) is 3.49. The molecule has 0 amide bonds. The molecule has 1 aromatic carbocycles. The first kappa shape index (κ1) is 14.5. The van der Waals surface area contributed by atoms with Crippen molar-refractivity contribution in [1.82, 2.24) is 4.90 Å². The number of rotatable bonds is 3. The average molecular weight is 293 g/mol. The van der Waals surface area contributed by atoms with Gasteiger partial charge >= 0.3 is 6.18 Å². The molecule has 0 unspecified atom stereocenters. The van der Waals surface area contributed by atoms with Crippen molar-refractivity contribution < 1.29 is 13.2 Å². The molecule has 1 aliphatic rings. The van der Waals surface area contributed by atoms with Gasteiger partial charge in [0.2, 0.25) is 0 Å². The van der Waals surface area contributed by atoms with Crippen molar-refractivity contribution in [2.24, 2.45) is 0 Å². The van der Waals surface area contributed by atoms with E-state index in [1.54, 1.807) is 17.0 Å². The molecule has 0 radical (unpaired) electrons. The molecule has 0 aromatic heterocycles. The van der Waals surface area contributed by atoms with Gasteiger partial charge in [0.15, 0.2) is 0 Å². The zero-order chi connectivity index (χ0) is 13.9. The molecule has 0 aliphatic carbocycles. The largest absolute Gasteiger partial charge is 0.418 e. The van der Waals surface area contributed by atoms with Crippen LogP contribution in [0, 0.1) is 0 Å². The number of hydrogen-bond acceptors (Lipinski definition) is 2. The maximum atomic E-state index is 12.9. The van der Waals surface area contributed by atoms with Crippen molar-refractivity contribution in [2.75, 3.05) is 43.5 Å². The molecule has 0 saturated carbocycles. The van der Waals surface area contributed by atoms with Crippen molar-refractivity contribution in [2.45, 2.75) is 6.18 Å². The summed E-state index contributed by atoms with van der Waals surface area (Å²) in [6.07, 6.45) is -4.30. The molecule has 1 aliphatic heterocycles. The fourth-order valence-electron chi connectivity index (χ4n) is 2.32. The van der Waals surface area contributed by atoms with Crippen molar-refractivity contribution in [1.29, 1.82) is 0 Å². The summed E-state index contributed by atoms with van der Waals surface area (Å²) in [5, 5.41) is 0. The minimum Gasteiger partial charge on any atom is -0.368 e. The van der Waals surface area contributed by atoms with E-state index < -0.39 is 11.7 Å². The van der Waals surface area contributed by atoms with Gasteiger partial charge in [0.05, 0.1) is 5.56 Å². The summed E-state index contributed by atoms with van der Waals surface area (Å²) in [5.74, 6) is 0.555. The number of nitrogens with zero attached hydrogens (tertiary/aromatic N) is 2. The Labute approximate surface area is 115 Å². The summed E-state index contributed by atoms with van der Waals surface area (Å²) in [5.41, 5.74) is -0.277. The molecule has 1 saturated heterocycles. The van der Waals surface area contributed by atoms with E-state index in [1.165, 1.54) is 6.07 Å². The lowest BCUT2D eigenvalue weighted by Crippen LogP contribution is -2.47. The van der Waals surface area contributed by atoms with E-state index in [2.05, 4.69) is 4.90 Å². The Morgan fingerprint density at radius 1 is 1.05 bits per heavy atom. The second kappa shape index (κ2) is 6.01. The molecule has 0 spiro atoms. The van der Waals surface area contributed by atoms with Crippen molar-refractivity contribution in [3.05, 3.63) is 29.8 Å². The van der Waals surface area contributed by atoms with Crippen molar-refractivity contribution in [3.63, 3.8) is 0 Å². The normalized spacial score (nSPS) is 17.8. The van der Waals surface area contributed by atoms with E-state index in [-0.39, 0.29) is 5.69 Å². The van der Waals surface area contributed by atoms with Gasteiger partial charge in [-0.25, -0.2) is 0 Å². The highest BCUT2D eigenvalue weighted by atomic mass is 35.5. The summed E-state index contributed by atoms with van der Waals surface area (Å²) >= 11 is 5.67. The smallest absolute Gasteiger partial charge is 0.368 e. The van der Waals surface area contributed by atoms with Crippen LogP contribution in [0.5, 0.6) is 0 Å². The Morgan fingerprint density at radius 2 is 1.68 bits per heavy atom. The Balaban J connectivity index is 2.12. The minimum absolute atomic E-state index is 0.278. The van der Waals surface area contributed by atoms with E-state index in [0.717, 1.165) is 25.7 Å². The van der Waals surface area contributed by atoms with Crippen LogP contribution in [0.2, 0.25) is 0 Å². The quantitative estimate of drug-likeness (QED) is 0.790.